The van der Waals surface area contributed by atoms with Gasteiger partial charge in [0.1, 0.15) is 5.69 Å². The van der Waals surface area contributed by atoms with Crippen molar-refractivity contribution in [3.05, 3.63) is 55.8 Å². The molecule has 1 aromatic heterocycles. The van der Waals surface area contributed by atoms with Crippen LogP contribution in [0, 0.1) is 27.2 Å². The van der Waals surface area contributed by atoms with Gasteiger partial charge in [-0.2, -0.15) is 0 Å². The normalized spacial score (nSPS) is 13.6. The van der Waals surface area contributed by atoms with Crippen molar-refractivity contribution in [2.75, 3.05) is 43.5 Å². The van der Waals surface area contributed by atoms with E-state index >= 15 is 0 Å². The fourth-order valence-corrected chi connectivity index (χ4v) is 3.86. The highest BCUT2D eigenvalue weighted by Gasteiger charge is 2.24. The molecule has 0 saturated carbocycles. The first-order valence-electron chi connectivity index (χ1n) is 10.0. The number of hydrogen-bond acceptors (Lipinski definition) is 8. The number of thiocarbonyl (C=S) groups is 1. The predicted octanol–water partition coefficient (Wildman–Crippen LogP) is 3.30. The van der Waals surface area contributed by atoms with Crippen molar-refractivity contribution in [3.63, 3.8) is 0 Å². The fraction of sp³-hybridized carbons (Fsp3) is 0.400. The van der Waals surface area contributed by atoms with Crippen molar-refractivity contribution < 1.29 is 14.6 Å². The smallest absolute Gasteiger partial charge is 0.278 e. The highest BCUT2D eigenvalue weighted by molar-refractivity contribution is 7.80. The zero-order chi connectivity index (χ0) is 23.4. The molecule has 1 aliphatic heterocycles. The van der Waals surface area contributed by atoms with Gasteiger partial charge in [-0.3, -0.25) is 20.2 Å². The van der Waals surface area contributed by atoms with E-state index in [1.54, 1.807) is 7.11 Å². The third kappa shape index (κ3) is 5.02. The van der Waals surface area contributed by atoms with Crippen molar-refractivity contribution in [1.29, 1.82) is 0 Å². The summed E-state index contributed by atoms with van der Waals surface area (Å²) in [4.78, 5) is 29.4. The van der Waals surface area contributed by atoms with Gasteiger partial charge in [-0.15, -0.1) is 0 Å². The van der Waals surface area contributed by atoms with E-state index in [-0.39, 0.29) is 11.4 Å². The highest BCUT2D eigenvalue weighted by Crippen LogP contribution is 2.29. The Morgan fingerprint density at radius 1 is 1.12 bits per heavy atom. The predicted molar refractivity (Wildman–Crippen MR) is 125 cm³/mol. The third-order valence-corrected chi connectivity index (χ3v) is 5.70. The molecule has 32 heavy (non-hydrogen) atoms. The van der Waals surface area contributed by atoms with Gasteiger partial charge in [0.25, 0.3) is 11.4 Å². The number of ether oxygens (including phenoxy) is 1. The van der Waals surface area contributed by atoms with Crippen LogP contribution in [0.3, 0.4) is 0 Å². The topological polar surface area (TPSA) is 127 Å². The summed E-state index contributed by atoms with van der Waals surface area (Å²) in [6.45, 7) is 6.08. The molecule has 0 aliphatic carbocycles. The van der Waals surface area contributed by atoms with Crippen LogP contribution in [0.15, 0.2) is 24.3 Å². The molecule has 12 heteroatoms. The minimum Gasteiger partial charge on any atom is -0.480 e. The summed E-state index contributed by atoms with van der Waals surface area (Å²) in [5.74, 6) is 0.463. The molecular formula is C20H24N6O5S. The number of nitro groups is 2. The molecule has 3 rings (SSSR count). The SMILES string of the molecule is CCc1cc(NC(=S)N2CCN(c3cc([N+](=O)[O-])cc([N+](=O)[O-])c3)CC2)c(OC)nc1C. The standard InChI is InChI=1S/C20H24N6O5S/c1-4-14-9-18(19(31-3)21-13(14)2)22-20(32)24-7-5-23(6-8-24)15-10-16(25(27)28)12-17(11-15)26(29)30/h9-12H,4-8H2,1-3H3,(H,22,32). The van der Waals surface area contributed by atoms with Crippen LogP contribution in [0.2, 0.25) is 0 Å². The number of benzene rings is 1. The number of methoxy groups -OCH3 is 1. The van der Waals surface area contributed by atoms with Gasteiger partial charge in [0.05, 0.1) is 28.7 Å². The van der Waals surface area contributed by atoms with Crippen LogP contribution < -0.4 is 15.0 Å². The molecule has 0 unspecified atom stereocenters. The Kier molecular flexibility index (Phi) is 7.03. The van der Waals surface area contributed by atoms with Crippen molar-refractivity contribution in [1.82, 2.24) is 9.88 Å². The van der Waals surface area contributed by atoms with Gasteiger partial charge in [-0.05, 0) is 37.2 Å². The molecule has 2 heterocycles. The number of aromatic nitrogens is 1. The van der Waals surface area contributed by atoms with Crippen LogP contribution in [0.4, 0.5) is 22.7 Å². The monoisotopic (exact) mass is 460 g/mol. The summed E-state index contributed by atoms with van der Waals surface area (Å²) in [7, 11) is 1.55. The second kappa shape index (κ2) is 9.73. The number of nitrogens with one attached hydrogen (secondary N) is 1. The lowest BCUT2D eigenvalue weighted by Gasteiger charge is -2.37. The number of non-ortho nitro benzene ring substituents is 2. The Bertz CT molecular complexity index is 1020. The van der Waals surface area contributed by atoms with Crippen LogP contribution in [0.5, 0.6) is 5.88 Å². The summed E-state index contributed by atoms with van der Waals surface area (Å²) in [5.41, 5.74) is 2.52. The van der Waals surface area contributed by atoms with Crippen LogP contribution in [-0.4, -0.2) is 58.1 Å². The van der Waals surface area contributed by atoms with Crippen LogP contribution in [0.25, 0.3) is 0 Å². The average molecular weight is 461 g/mol. The number of pyridine rings is 1. The minimum atomic E-state index is -0.626. The second-order valence-electron chi connectivity index (χ2n) is 7.27. The summed E-state index contributed by atoms with van der Waals surface area (Å²) in [6.07, 6.45) is 0.832. The van der Waals surface area contributed by atoms with E-state index in [0.717, 1.165) is 23.7 Å². The number of rotatable bonds is 6. The van der Waals surface area contributed by atoms with Gasteiger partial charge in [-0.25, -0.2) is 4.98 Å². The maximum absolute atomic E-state index is 11.2. The Labute approximate surface area is 190 Å². The molecule has 0 amide bonds. The van der Waals surface area contributed by atoms with Crippen molar-refractivity contribution in [2.24, 2.45) is 0 Å². The first-order valence-corrected chi connectivity index (χ1v) is 10.4. The van der Waals surface area contributed by atoms with E-state index in [0.29, 0.717) is 48.5 Å². The zero-order valence-electron chi connectivity index (χ0n) is 18.0. The number of aryl methyl sites for hydroxylation is 2. The van der Waals surface area contributed by atoms with E-state index in [1.165, 1.54) is 12.1 Å². The summed E-state index contributed by atoms with van der Waals surface area (Å²) < 4.78 is 5.38. The number of piperazine rings is 1. The molecule has 1 N–H and O–H groups in total. The molecule has 2 aromatic rings. The van der Waals surface area contributed by atoms with Gasteiger partial charge >= 0.3 is 0 Å². The molecule has 1 fully saturated rings. The molecular weight excluding hydrogens is 436 g/mol. The Morgan fingerprint density at radius 3 is 2.22 bits per heavy atom. The molecule has 1 aliphatic rings. The molecule has 0 radical (unpaired) electrons. The number of nitro benzene ring substituents is 2. The summed E-state index contributed by atoms with van der Waals surface area (Å²) in [6, 6.07) is 5.65. The Morgan fingerprint density at radius 2 is 1.72 bits per heavy atom. The van der Waals surface area contributed by atoms with E-state index in [1.807, 2.05) is 22.8 Å². The van der Waals surface area contributed by atoms with Crippen molar-refractivity contribution in [2.45, 2.75) is 20.3 Å². The Balaban J connectivity index is 1.71. The van der Waals surface area contributed by atoms with Gasteiger partial charge in [-0.1, -0.05) is 6.92 Å². The van der Waals surface area contributed by atoms with Crippen LogP contribution >= 0.6 is 12.2 Å². The molecule has 0 bridgehead atoms. The van der Waals surface area contributed by atoms with Gasteiger partial charge < -0.3 is 19.9 Å². The number of anilines is 2. The Hall–Kier alpha value is -3.54. The zero-order valence-corrected chi connectivity index (χ0v) is 18.8. The van der Waals surface area contributed by atoms with Gasteiger partial charge in [0, 0.05) is 44.0 Å². The minimum absolute atomic E-state index is 0.306. The fourth-order valence-electron chi connectivity index (χ4n) is 3.56. The number of nitrogens with zero attached hydrogens (tertiary/aromatic N) is 5. The van der Waals surface area contributed by atoms with Gasteiger partial charge in [0.2, 0.25) is 5.88 Å². The first kappa shape index (κ1) is 23.1. The molecule has 170 valence electrons. The highest BCUT2D eigenvalue weighted by atomic mass is 32.1. The summed E-state index contributed by atoms with van der Waals surface area (Å²) >= 11 is 5.58. The maximum Gasteiger partial charge on any atom is 0.278 e. The maximum atomic E-state index is 11.2. The van der Waals surface area contributed by atoms with Crippen LogP contribution in [0.1, 0.15) is 18.2 Å². The molecule has 11 nitrogen and oxygen atoms in total. The lowest BCUT2D eigenvalue weighted by Crippen LogP contribution is -2.50. The lowest BCUT2D eigenvalue weighted by molar-refractivity contribution is -0.394. The second-order valence-corrected chi connectivity index (χ2v) is 7.66. The molecule has 1 saturated heterocycles. The quantitative estimate of drug-likeness (QED) is 0.390. The van der Waals surface area contributed by atoms with E-state index in [2.05, 4.69) is 17.2 Å². The van der Waals surface area contributed by atoms with E-state index in [9.17, 15) is 20.2 Å². The molecule has 0 atom stereocenters. The van der Waals surface area contributed by atoms with Crippen molar-refractivity contribution in [3.8, 4) is 5.88 Å². The molecule has 0 spiro atoms. The van der Waals surface area contributed by atoms with Crippen molar-refractivity contribution >= 4 is 40.1 Å². The van der Waals surface area contributed by atoms with Crippen LogP contribution in [-0.2, 0) is 6.42 Å². The van der Waals surface area contributed by atoms with E-state index < -0.39 is 9.85 Å². The largest absolute Gasteiger partial charge is 0.480 e. The van der Waals surface area contributed by atoms with E-state index in [4.69, 9.17) is 17.0 Å². The van der Waals surface area contributed by atoms with Gasteiger partial charge in [0.15, 0.2) is 5.11 Å². The molecule has 1 aromatic carbocycles. The first-order chi connectivity index (χ1) is 15.2. The number of hydrogen-bond donors (Lipinski definition) is 1. The average Bonchev–Trinajstić information content (AvgIpc) is 2.79. The third-order valence-electron chi connectivity index (χ3n) is 5.34. The lowest BCUT2D eigenvalue weighted by atomic mass is 10.1. The summed E-state index contributed by atoms with van der Waals surface area (Å²) in [5, 5.41) is 26.0.